The molecule has 0 spiro atoms. The second-order valence-corrected chi connectivity index (χ2v) is 11.4. The zero-order chi connectivity index (χ0) is 28.5. The van der Waals surface area contributed by atoms with Crippen LogP contribution in [0, 0.1) is 0 Å². The van der Waals surface area contributed by atoms with Gasteiger partial charge >= 0.3 is 6.61 Å². The van der Waals surface area contributed by atoms with E-state index in [1.54, 1.807) is 41.2 Å². The van der Waals surface area contributed by atoms with Crippen molar-refractivity contribution in [2.24, 2.45) is 0 Å². The minimum absolute atomic E-state index is 0.0650. The van der Waals surface area contributed by atoms with Gasteiger partial charge in [-0.3, -0.25) is 14.3 Å². The first-order chi connectivity index (χ1) is 19.9. The van der Waals surface area contributed by atoms with Gasteiger partial charge in [0.05, 0.1) is 17.6 Å². The van der Waals surface area contributed by atoms with Gasteiger partial charge in [0, 0.05) is 60.0 Å². The maximum Gasteiger partial charge on any atom is 0.387 e. The minimum atomic E-state index is -3.08. The highest BCUT2D eigenvalue weighted by Crippen LogP contribution is 2.44. The van der Waals surface area contributed by atoms with E-state index in [1.807, 2.05) is 0 Å². The van der Waals surface area contributed by atoms with Gasteiger partial charge in [-0.2, -0.15) is 19.0 Å². The monoisotopic (exact) mass is 582 g/mol. The van der Waals surface area contributed by atoms with Crippen molar-refractivity contribution in [3.05, 3.63) is 48.5 Å². The molecule has 1 aromatic carbocycles. The van der Waals surface area contributed by atoms with Gasteiger partial charge in [-0.1, -0.05) is 6.92 Å². The lowest BCUT2D eigenvalue weighted by Crippen LogP contribution is -2.37. The van der Waals surface area contributed by atoms with Crippen molar-refractivity contribution in [3.63, 3.8) is 0 Å². The van der Waals surface area contributed by atoms with Gasteiger partial charge in [0.1, 0.15) is 23.6 Å². The van der Waals surface area contributed by atoms with E-state index >= 15 is 0 Å². The van der Waals surface area contributed by atoms with Crippen LogP contribution in [0.15, 0.2) is 47.9 Å². The van der Waals surface area contributed by atoms with Gasteiger partial charge in [-0.25, -0.2) is 9.50 Å². The quantitative estimate of drug-likeness (QED) is 0.330. The number of thioether (sulfide) groups is 1. The predicted molar refractivity (Wildman–Crippen MR) is 149 cm³/mol. The summed E-state index contributed by atoms with van der Waals surface area (Å²) in [5.74, 6) is -0.713. The molecule has 2 N–H and O–H groups in total. The summed E-state index contributed by atoms with van der Waals surface area (Å²) in [7, 11) is 0. The highest BCUT2D eigenvalue weighted by atomic mass is 32.2. The van der Waals surface area contributed by atoms with E-state index in [9.17, 15) is 18.4 Å². The number of aromatic nitrogens is 5. The molecule has 5 heterocycles. The van der Waals surface area contributed by atoms with Crippen molar-refractivity contribution >= 4 is 40.6 Å². The smallest absolute Gasteiger partial charge is 0.387 e. The van der Waals surface area contributed by atoms with Crippen LogP contribution in [-0.4, -0.2) is 72.6 Å². The summed E-state index contributed by atoms with van der Waals surface area (Å²) in [6, 6.07) is 4.94. The van der Waals surface area contributed by atoms with Crippen LogP contribution in [-0.2, 0) is 11.3 Å². The van der Waals surface area contributed by atoms with Crippen LogP contribution in [0.3, 0.4) is 0 Å². The van der Waals surface area contributed by atoms with E-state index in [-0.39, 0.29) is 46.0 Å². The average molecular weight is 583 g/mol. The second kappa shape index (κ2) is 11.4. The molecule has 14 heteroatoms. The number of hydrogen-bond donors (Lipinski definition) is 2. The summed E-state index contributed by atoms with van der Waals surface area (Å²) in [5.41, 5.74) is 1.95. The molecule has 0 radical (unpaired) electrons. The Hall–Kier alpha value is -4.20. The maximum atomic E-state index is 13.5. The fraction of sp³-hybridized carbons (Fsp3) is 0.370. The summed E-state index contributed by atoms with van der Waals surface area (Å²) in [4.78, 5) is 33.3. The molecule has 11 nitrogen and oxygen atoms in total. The summed E-state index contributed by atoms with van der Waals surface area (Å²) < 4.78 is 34.9. The van der Waals surface area contributed by atoms with Gasteiger partial charge in [0.25, 0.3) is 5.91 Å². The molecule has 1 saturated heterocycles. The third-order valence-electron chi connectivity index (χ3n) is 7.00. The molecule has 1 fully saturated rings. The number of halogens is 2. The van der Waals surface area contributed by atoms with Crippen molar-refractivity contribution in [1.29, 1.82) is 0 Å². The van der Waals surface area contributed by atoms with Crippen molar-refractivity contribution in [2.45, 2.75) is 49.5 Å². The fourth-order valence-corrected chi connectivity index (χ4v) is 6.08. The van der Waals surface area contributed by atoms with Crippen LogP contribution in [0.4, 0.5) is 20.2 Å². The van der Waals surface area contributed by atoms with Gasteiger partial charge in [-0.15, -0.1) is 11.8 Å². The maximum absolute atomic E-state index is 13.5. The van der Waals surface area contributed by atoms with Crippen LogP contribution in [0.2, 0.25) is 0 Å². The molecule has 1 unspecified atom stereocenters. The minimum Gasteiger partial charge on any atom is -0.434 e. The lowest BCUT2D eigenvalue weighted by Gasteiger charge is -2.26. The molecule has 41 heavy (non-hydrogen) atoms. The van der Waals surface area contributed by atoms with Crippen LogP contribution < -0.4 is 15.4 Å². The molecular weight excluding hydrogens is 554 g/mol. The van der Waals surface area contributed by atoms with E-state index in [0.717, 1.165) is 24.2 Å². The van der Waals surface area contributed by atoms with Crippen molar-refractivity contribution in [2.75, 3.05) is 30.3 Å². The Kier molecular flexibility index (Phi) is 7.47. The predicted octanol–water partition coefficient (Wildman–Crippen LogP) is 4.37. The first-order valence-electron chi connectivity index (χ1n) is 13.3. The Labute approximate surface area is 238 Å². The second-order valence-electron chi connectivity index (χ2n) is 9.96. The number of fused-ring (bicyclic) bond motifs is 2. The highest BCUT2D eigenvalue weighted by molar-refractivity contribution is 8.00. The van der Waals surface area contributed by atoms with Gasteiger partial charge < -0.3 is 20.3 Å². The molecule has 214 valence electrons. The number of carbonyl (C=O) groups is 2. The Morgan fingerprint density at radius 2 is 2.07 bits per heavy atom. The molecule has 6 rings (SSSR count). The van der Waals surface area contributed by atoms with Crippen LogP contribution in [0.25, 0.3) is 16.9 Å². The molecule has 2 aliphatic rings. The fourth-order valence-electron chi connectivity index (χ4n) is 5.04. The SMILES string of the molecule is CC1CNc2cc(OC(F)F)c(-c3nn(CC(=O)N4CCCCC4)cc3NC(=O)c3cnn4cccnc34)cc2S1. The number of likely N-dealkylation sites (tertiary alicyclic amines) is 1. The van der Waals surface area contributed by atoms with E-state index in [0.29, 0.717) is 31.0 Å². The largest absolute Gasteiger partial charge is 0.434 e. The van der Waals surface area contributed by atoms with Crippen molar-refractivity contribution in [1.82, 2.24) is 29.3 Å². The number of benzene rings is 1. The summed E-state index contributed by atoms with van der Waals surface area (Å²) in [5, 5.41) is 15.1. The molecule has 3 aromatic heterocycles. The number of hydrogen-bond acceptors (Lipinski definition) is 8. The zero-order valence-electron chi connectivity index (χ0n) is 22.2. The van der Waals surface area contributed by atoms with E-state index < -0.39 is 12.5 Å². The highest BCUT2D eigenvalue weighted by Gasteiger charge is 2.26. The number of carbonyl (C=O) groups excluding carboxylic acids is 2. The topological polar surface area (TPSA) is 119 Å². The Morgan fingerprint density at radius 3 is 2.88 bits per heavy atom. The third-order valence-corrected chi connectivity index (χ3v) is 8.16. The molecule has 2 aliphatic heterocycles. The Bertz CT molecular complexity index is 1600. The summed E-state index contributed by atoms with van der Waals surface area (Å²) >= 11 is 1.60. The van der Waals surface area contributed by atoms with Crippen molar-refractivity contribution < 1.29 is 23.1 Å². The van der Waals surface area contributed by atoms with Crippen LogP contribution in [0.5, 0.6) is 5.75 Å². The van der Waals surface area contributed by atoms with Gasteiger partial charge in [0.15, 0.2) is 5.65 Å². The number of rotatable bonds is 7. The molecule has 0 aliphatic carbocycles. The number of nitrogens with zero attached hydrogens (tertiary/aromatic N) is 6. The molecule has 4 aromatic rings. The standard InChI is InChI=1S/C27H28F2N8O3S/c1-16-12-31-19-11-21(40-27(28)29)17(10-22(19)41-16)24-20(14-36(34-24)15-23(38)35-7-3-2-4-8-35)33-26(39)18-13-32-37-9-5-6-30-25(18)37/h5-6,9-11,13-14,16,27,31H,2-4,7-8,12,15H2,1H3,(H,33,39). The molecule has 2 amide bonds. The molecular formula is C27H28F2N8O3S. The normalized spacial score (nSPS) is 16.9. The zero-order valence-corrected chi connectivity index (χ0v) is 23.0. The van der Waals surface area contributed by atoms with Crippen molar-refractivity contribution in [3.8, 4) is 17.0 Å². The molecule has 0 bridgehead atoms. The number of nitrogens with one attached hydrogen (secondary N) is 2. The number of anilines is 2. The van der Waals surface area contributed by atoms with E-state index in [2.05, 4.69) is 32.7 Å². The van der Waals surface area contributed by atoms with E-state index in [4.69, 9.17) is 4.74 Å². The number of piperidine rings is 1. The number of ether oxygens (including phenoxy) is 1. The van der Waals surface area contributed by atoms with Gasteiger partial charge in [-0.05, 0) is 31.4 Å². The number of alkyl halides is 2. The summed E-state index contributed by atoms with van der Waals surface area (Å²) in [6.07, 6.45) is 9.13. The van der Waals surface area contributed by atoms with E-state index in [1.165, 1.54) is 27.7 Å². The number of amides is 2. The first-order valence-corrected chi connectivity index (χ1v) is 14.2. The average Bonchev–Trinajstić information content (AvgIpc) is 3.57. The first kappa shape index (κ1) is 27.0. The Morgan fingerprint density at radius 1 is 1.24 bits per heavy atom. The molecule has 0 saturated carbocycles. The third kappa shape index (κ3) is 5.69. The van der Waals surface area contributed by atoms with Crippen LogP contribution in [0.1, 0.15) is 36.5 Å². The Balaban J connectivity index is 1.40. The summed E-state index contributed by atoms with van der Waals surface area (Å²) in [6.45, 7) is 0.946. The lowest BCUT2D eigenvalue weighted by molar-refractivity contribution is -0.132. The van der Waals surface area contributed by atoms with Crippen LogP contribution >= 0.6 is 11.8 Å². The molecule has 1 atom stereocenters. The van der Waals surface area contributed by atoms with Gasteiger partial charge in [0.2, 0.25) is 5.91 Å². The lowest BCUT2D eigenvalue weighted by atomic mass is 10.1.